The van der Waals surface area contributed by atoms with Gasteiger partial charge >= 0.3 is 0 Å². The molecular formula is C11H19N. The number of allylic oxidation sites excluding steroid dienone is 4. The molecule has 1 nitrogen and oxygen atoms in total. The van der Waals surface area contributed by atoms with Crippen molar-refractivity contribution in [2.75, 3.05) is 0 Å². The number of hydrogen-bond donors (Lipinski definition) is 1. The van der Waals surface area contributed by atoms with Crippen molar-refractivity contribution < 1.29 is 0 Å². The highest BCUT2D eigenvalue weighted by molar-refractivity contribution is 5.67. The number of rotatable bonds is 4. The topological polar surface area (TPSA) is 23.9 Å². The van der Waals surface area contributed by atoms with Crippen LogP contribution in [0.1, 0.15) is 27.7 Å². The van der Waals surface area contributed by atoms with Crippen LogP contribution in [-0.4, -0.2) is 6.21 Å². The average Bonchev–Trinajstić information content (AvgIpc) is 1.98. The Kier molecular flexibility index (Phi) is 4.57. The van der Waals surface area contributed by atoms with Gasteiger partial charge in [0.05, 0.1) is 0 Å². The summed E-state index contributed by atoms with van der Waals surface area (Å²) >= 11 is 0. The fourth-order valence-corrected chi connectivity index (χ4v) is 0.792. The van der Waals surface area contributed by atoms with Crippen LogP contribution in [0.4, 0.5) is 0 Å². The van der Waals surface area contributed by atoms with Gasteiger partial charge in [0.25, 0.3) is 0 Å². The normalized spacial score (nSPS) is 13.4. The molecule has 0 heterocycles. The predicted molar refractivity (Wildman–Crippen MR) is 55.7 cm³/mol. The molecular weight excluding hydrogens is 146 g/mol. The second-order valence-electron chi connectivity index (χ2n) is 3.95. The van der Waals surface area contributed by atoms with Gasteiger partial charge in [0.15, 0.2) is 0 Å². The Hall–Kier alpha value is -0.850. The minimum atomic E-state index is 0.0713. The highest BCUT2D eigenvalue weighted by Gasteiger charge is 2.07. The molecule has 0 atom stereocenters. The summed E-state index contributed by atoms with van der Waals surface area (Å²) in [7, 11) is 0. The highest BCUT2D eigenvalue weighted by Crippen LogP contribution is 2.19. The molecule has 0 spiro atoms. The fraction of sp³-hybridized carbons (Fsp3) is 0.545. The lowest BCUT2D eigenvalue weighted by Gasteiger charge is -2.14. The zero-order chi connectivity index (χ0) is 9.61. The summed E-state index contributed by atoms with van der Waals surface area (Å²) in [6.07, 6.45) is 9.47. The Bertz CT molecular complexity index is 185. The van der Waals surface area contributed by atoms with Crippen molar-refractivity contribution in [2.24, 2.45) is 11.3 Å². The maximum atomic E-state index is 6.86. The van der Waals surface area contributed by atoms with E-state index in [1.807, 2.05) is 6.08 Å². The van der Waals surface area contributed by atoms with Gasteiger partial charge < -0.3 is 5.41 Å². The summed E-state index contributed by atoms with van der Waals surface area (Å²) in [6, 6.07) is 0. The second-order valence-corrected chi connectivity index (χ2v) is 3.95. The minimum Gasteiger partial charge on any atom is -0.309 e. The highest BCUT2D eigenvalue weighted by atomic mass is 14.3. The molecule has 0 saturated carbocycles. The lowest BCUT2D eigenvalue weighted by atomic mass is 9.91. The molecule has 1 N–H and O–H groups in total. The lowest BCUT2D eigenvalue weighted by molar-refractivity contribution is 0.617. The van der Waals surface area contributed by atoms with E-state index in [0.717, 1.165) is 0 Å². The molecule has 68 valence electrons. The first-order valence-electron chi connectivity index (χ1n) is 4.35. The van der Waals surface area contributed by atoms with Crippen molar-refractivity contribution in [3.05, 3.63) is 24.3 Å². The lowest BCUT2D eigenvalue weighted by Crippen LogP contribution is -2.02. The summed E-state index contributed by atoms with van der Waals surface area (Å²) in [5.41, 5.74) is 0.0713. The van der Waals surface area contributed by atoms with Crippen molar-refractivity contribution >= 4 is 6.21 Å². The second kappa shape index (κ2) is 4.91. The predicted octanol–water partition coefficient (Wildman–Crippen LogP) is 3.43. The summed E-state index contributed by atoms with van der Waals surface area (Å²) in [4.78, 5) is 0. The van der Waals surface area contributed by atoms with Gasteiger partial charge in [0.2, 0.25) is 0 Å². The molecule has 0 aromatic rings. The summed E-state index contributed by atoms with van der Waals surface area (Å²) in [5.74, 6) is 0.595. The molecule has 0 saturated heterocycles. The van der Waals surface area contributed by atoms with E-state index in [1.54, 1.807) is 6.08 Å². The largest absolute Gasteiger partial charge is 0.309 e. The Morgan fingerprint density at radius 3 is 2.17 bits per heavy atom. The van der Waals surface area contributed by atoms with Crippen molar-refractivity contribution in [3.8, 4) is 0 Å². The van der Waals surface area contributed by atoms with Gasteiger partial charge in [0.1, 0.15) is 0 Å². The van der Waals surface area contributed by atoms with Gasteiger partial charge in [-0.2, -0.15) is 0 Å². The molecule has 0 rings (SSSR count). The van der Waals surface area contributed by atoms with E-state index in [-0.39, 0.29) is 5.41 Å². The van der Waals surface area contributed by atoms with Crippen LogP contribution in [0, 0.1) is 16.7 Å². The van der Waals surface area contributed by atoms with Crippen LogP contribution in [0.5, 0.6) is 0 Å². The first-order chi connectivity index (χ1) is 5.48. The number of nitrogens with one attached hydrogen (secondary N) is 1. The third-order valence-electron chi connectivity index (χ3n) is 1.53. The molecule has 0 bridgehead atoms. The Morgan fingerprint density at radius 2 is 1.75 bits per heavy atom. The van der Waals surface area contributed by atoms with Crippen LogP contribution in [0.15, 0.2) is 24.3 Å². The van der Waals surface area contributed by atoms with Crippen molar-refractivity contribution in [2.45, 2.75) is 27.7 Å². The van der Waals surface area contributed by atoms with E-state index in [1.165, 1.54) is 6.21 Å². The Balaban J connectivity index is 4.21. The summed E-state index contributed by atoms with van der Waals surface area (Å²) in [5, 5.41) is 6.86. The van der Waals surface area contributed by atoms with Crippen LogP contribution in [0.3, 0.4) is 0 Å². The van der Waals surface area contributed by atoms with Crippen molar-refractivity contribution in [1.29, 1.82) is 5.41 Å². The van der Waals surface area contributed by atoms with Gasteiger partial charge in [-0.25, -0.2) is 0 Å². The maximum absolute atomic E-state index is 6.86. The summed E-state index contributed by atoms with van der Waals surface area (Å²) in [6.45, 7) is 8.58. The van der Waals surface area contributed by atoms with Crippen molar-refractivity contribution in [3.63, 3.8) is 0 Å². The van der Waals surface area contributed by atoms with Crippen LogP contribution >= 0.6 is 0 Å². The smallest absolute Gasteiger partial charge is 0.0174 e. The van der Waals surface area contributed by atoms with Gasteiger partial charge in [0, 0.05) is 11.6 Å². The van der Waals surface area contributed by atoms with E-state index < -0.39 is 0 Å². The molecule has 0 aliphatic rings. The van der Waals surface area contributed by atoms with Gasteiger partial charge in [-0.3, -0.25) is 0 Å². The van der Waals surface area contributed by atoms with E-state index >= 15 is 0 Å². The first-order valence-corrected chi connectivity index (χ1v) is 4.35. The molecule has 1 heteroatoms. The first kappa shape index (κ1) is 11.2. The van der Waals surface area contributed by atoms with Gasteiger partial charge in [-0.1, -0.05) is 45.9 Å². The SMILES string of the molecule is CC(C)/C=C\C(C)(C)/C=C\C=N. The zero-order valence-corrected chi connectivity index (χ0v) is 8.46. The van der Waals surface area contributed by atoms with E-state index in [4.69, 9.17) is 5.41 Å². The van der Waals surface area contributed by atoms with Crippen LogP contribution in [0.25, 0.3) is 0 Å². The zero-order valence-electron chi connectivity index (χ0n) is 8.46. The van der Waals surface area contributed by atoms with Crippen LogP contribution in [0.2, 0.25) is 0 Å². The number of hydrogen-bond acceptors (Lipinski definition) is 1. The van der Waals surface area contributed by atoms with Gasteiger partial charge in [-0.05, 0) is 12.0 Å². The van der Waals surface area contributed by atoms with E-state index in [0.29, 0.717) is 5.92 Å². The van der Waals surface area contributed by atoms with Crippen LogP contribution in [-0.2, 0) is 0 Å². The average molecular weight is 165 g/mol. The minimum absolute atomic E-state index is 0.0713. The monoisotopic (exact) mass is 165 g/mol. The van der Waals surface area contributed by atoms with E-state index in [9.17, 15) is 0 Å². The fourth-order valence-electron chi connectivity index (χ4n) is 0.792. The molecule has 12 heavy (non-hydrogen) atoms. The molecule has 0 radical (unpaired) electrons. The molecule has 0 aromatic carbocycles. The molecule has 0 unspecified atom stereocenters. The molecule has 0 fully saturated rings. The third-order valence-corrected chi connectivity index (χ3v) is 1.53. The maximum Gasteiger partial charge on any atom is 0.0174 e. The Morgan fingerprint density at radius 1 is 1.17 bits per heavy atom. The van der Waals surface area contributed by atoms with Crippen molar-refractivity contribution in [1.82, 2.24) is 0 Å². The molecule has 0 amide bonds. The quantitative estimate of drug-likeness (QED) is 0.487. The summed E-state index contributed by atoms with van der Waals surface area (Å²) < 4.78 is 0. The molecule has 0 aliphatic heterocycles. The van der Waals surface area contributed by atoms with Crippen LogP contribution < -0.4 is 0 Å². The van der Waals surface area contributed by atoms with Gasteiger partial charge in [-0.15, -0.1) is 0 Å². The molecule has 0 aliphatic carbocycles. The Labute approximate surface area is 75.7 Å². The third kappa shape index (κ3) is 5.90. The van der Waals surface area contributed by atoms with E-state index in [2.05, 4.69) is 39.8 Å². The standard InChI is InChI=1S/C11H19N/c1-10(2)6-8-11(3,4)7-5-9-12/h5-10,12H,1-4H3/b7-5-,8-6-,12-9?. The molecule has 0 aromatic heterocycles.